The second-order valence-corrected chi connectivity index (χ2v) is 8.47. The molecule has 2 aromatic rings. The molecule has 0 saturated carbocycles. The Balaban J connectivity index is 1.88. The van der Waals surface area contributed by atoms with Crippen molar-refractivity contribution in [1.82, 2.24) is 0 Å². The fourth-order valence-electron chi connectivity index (χ4n) is 3.24. The molecule has 0 aromatic heterocycles. The van der Waals surface area contributed by atoms with Gasteiger partial charge in [0, 0.05) is 12.0 Å². The standard InChI is InChI=1S/C23H27NO2/c1-22(2,3)26-21(25)24-16-23(4,5)19-15-18(13-14-20(19)24)12-11-17-9-7-6-8-10-17/h6-15H,16H2,1-5H3/b12-11+. The van der Waals surface area contributed by atoms with Crippen molar-refractivity contribution in [3.63, 3.8) is 0 Å². The zero-order valence-corrected chi connectivity index (χ0v) is 16.2. The summed E-state index contributed by atoms with van der Waals surface area (Å²) in [4.78, 5) is 14.4. The third-order valence-electron chi connectivity index (χ3n) is 4.48. The minimum atomic E-state index is -0.498. The quantitative estimate of drug-likeness (QED) is 0.633. The maximum absolute atomic E-state index is 12.6. The third kappa shape index (κ3) is 3.98. The maximum Gasteiger partial charge on any atom is 0.414 e. The van der Waals surface area contributed by atoms with E-state index in [1.807, 2.05) is 45.0 Å². The lowest BCUT2D eigenvalue weighted by Gasteiger charge is -2.25. The number of nitrogens with zero attached hydrogens (tertiary/aromatic N) is 1. The summed E-state index contributed by atoms with van der Waals surface area (Å²) < 4.78 is 5.58. The van der Waals surface area contributed by atoms with Crippen LogP contribution in [0.5, 0.6) is 0 Å². The Morgan fingerprint density at radius 3 is 2.35 bits per heavy atom. The molecule has 0 atom stereocenters. The molecule has 0 spiro atoms. The van der Waals surface area contributed by atoms with Gasteiger partial charge in [0.15, 0.2) is 0 Å². The highest BCUT2D eigenvalue weighted by atomic mass is 16.6. The summed E-state index contributed by atoms with van der Waals surface area (Å²) in [6.45, 7) is 10.6. The summed E-state index contributed by atoms with van der Waals surface area (Å²) in [5, 5.41) is 0. The first-order chi connectivity index (χ1) is 12.2. The molecule has 136 valence electrons. The van der Waals surface area contributed by atoms with Gasteiger partial charge in [0.1, 0.15) is 5.60 Å². The van der Waals surface area contributed by atoms with Crippen LogP contribution in [0, 0.1) is 0 Å². The Bertz CT molecular complexity index is 829. The summed E-state index contributed by atoms with van der Waals surface area (Å²) in [7, 11) is 0. The molecule has 0 bridgehead atoms. The Morgan fingerprint density at radius 1 is 1.04 bits per heavy atom. The number of benzene rings is 2. The highest BCUT2D eigenvalue weighted by Gasteiger charge is 2.39. The third-order valence-corrected chi connectivity index (χ3v) is 4.48. The number of fused-ring (bicyclic) bond motifs is 1. The maximum atomic E-state index is 12.6. The largest absolute Gasteiger partial charge is 0.443 e. The van der Waals surface area contributed by atoms with Crippen molar-refractivity contribution >= 4 is 23.9 Å². The van der Waals surface area contributed by atoms with Crippen molar-refractivity contribution in [2.75, 3.05) is 11.4 Å². The SMILES string of the molecule is CC(C)(C)OC(=O)N1CC(C)(C)c2cc(/C=C/c3ccccc3)ccc21. The molecule has 0 saturated heterocycles. The number of hydrogen-bond donors (Lipinski definition) is 0. The molecule has 0 aliphatic carbocycles. The van der Waals surface area contributed by atoms with Gasteiger partial charge in [0.25, 0.3) is 0 Å². The predicted molar refractivity (Wildman–Crippen MR) is 108 cm³/mol. The van der Waals surface area contributed by atoms with Crippen molar-refractivity contribution in [2.24, 2.45) is 0 Å². The topological polar surface area (TPSA) is 29.5 Å². The monoisotopic (exact) mass is 349 g/mol. The molecule has 26 heavy (non-hydrogen) atoms. The minimum absolute atomic E-state index is 0.108. The number of rotatable bonds is 2. The summed E-state index contributed by atoms with van der Waals surface area (Å²) in [5.41, 5.74) is 3.82. The molecule has 1 aliphatic rings. The molecular weight excluding hydrogens is 322 g/mol. The first-order valence-corrected chi connectivity index (χ1v) is 9.04. The molecule has 0 N–H and O–H groups in total. The summed E-state index contributed by atoms with van der Waals surface area (Å²) in [5.74, 6) is 0. The number of anilines is 1. The van der Waals surface area contributed by atoms with Gasteiger partial charge in [0.05, 0.1) is 5.69 Å². The lowest BCUT2D eigenvalue weighted by molar-refractivity contribution is 0.0579. The number of carbonyl (C=O) groups excluding carboxylic acids is 1. The molecular formula is C23H27NO2. The van der Waals surface area contributed by atoms with Gasteiger partial charge in [-0.3, -0.25) is 4.90 Å². The van der Waals surface area contributed by atoms with Crippen molar-refractivity contribution < 1.29 is 9.53 Å². The molecule has 1 aliphatic heterocycles. The Kier molecular flexibility index (Phi) is 4.66. The van der Waals surface area contributed by atoms with Crippen LogP contribution in [-0.2, 0) is 10.2 Å². The van der Waals surface area contributed by atoms with E-state index in [4.69, 9.17) is 4.74 Å². The van der Waals surface area contributed by atoms with Gasteiger partial charge in [-0.05, 0) is 49.6 Å². The van der Waals surface area contributed by atoms with Gasteiger partial charge in [-0.25, -0.2) is 4.79 Å². The number of carbonyl (C=O) groups is 1. The zero-order chi connectivity index (χ0) is 18.9. The fourth-order valence-corrected chi connectivity index (χ4v) is 3.24. The van der Waals surface area contributed by atoms with Crippen LogP contribution in [0.2, 0.25) is 0 Å². The van der Waals surface area contributed by atoms with Crippen LogP contribution in [0.15, 0.2) is 48.5 Å². The average molecular weight is 349 g/mol. The molecule has 0 unspecified atom stereocenters. The Morgan fingerprint density at radius 2 is 1.69 bits per heavy atom. The van der Waals surface area contributed by atoms with Crippen LogP contribution < -0.4 is 4.90 Å². The highest BCUT2D eigenvalue weighted by Crippen LogP contribution is 2.41. The fraction of sp³-hybridized carbons (Fsp3) is 0.348. The molecule has 2 aromatic carbocycles. The molecule has 0 radical (unpaired) electrons. The summed E-state index contributed by atoms with van der Waals surface area (Å²) in [6, 6.07) is 16.5. The van der Waals surface area contributed by atoms with E-state index in [-0.39, 0.29) is 11.5 Å². The lowest BCUT2D eigenvalue weighted by atomic mass is 9.86. The molecule has 3 nitrogen and oxygen atoms in total. The van der Waals surface area contributed by atoms with E-state index in [9.17, 15) is 4.79 Å². The van der Waals surface area contributed by atoms with Crippen LogP contribution in [0.3, 0.4) is 0 Å². The second kappa shape index (κ2) is 6.64. The lowest BCUT2D eigenvalue weighted by Crippen LogP contribution is -2.38. The summed E-state index contributed by atoms with van der Waals surface area (Å²) in [6.07, 6.45) is 3.94. The first kappa shape index (κ1) is 18.2. The van der Waals surface area contributed by atoms with Crippen LogP contribution in [-0.4, -0.2) is 18.2 Å². The Hall–Kier alpha value is -2.55. The molecule has 3 heteroatoms. The predicted octanol–water partition coefficient (Wildman–Crippen LogP) is 5.89. The molecule has 1 amide bonds. The van der Waals surface area contributed by atoms with Crippen LogP contribution >= 0.6 is 0 Å². The highest BCUT2D eigenvalue weighted by molar-refractivity contribution is 5.92. The van der Waals surface area contributed by atoms with Gasteiger partial charge in [-0.15, -0.1) is 0 Å². The van der Waals surface area contributed by atoms with Gasteiger partial charge in [-0.1, -0.05) is 62.4 Å². The van der Waals surface area contributed by atoms with Crippen molar-refractivity contribution in [3.05, 3.63) is 65.2 Å². The van der Waals surface area contributed by atoms with E-state index in [1.165, 1.54) is 11.1 Å². The van der Waals surface area contributed by atoms with Gasteiger partial charge < -0.3 is 4.74 Å². The first-order valence-electron chi connectivity index (χ1n) is 9.04. The van der Waals surface area contributed by atoms with E-state index < -0.39 is 5.60 Å². The molecule has 1 heterocycles. The normalized spacial score (nSPS) is 16.0. The van der Waals surface area contributed by atoms with Crippen LogP contribution in [0.4, 0.5) is 10.5 Å². The van der Waals surface area contributed by atoms with E-state index in [0.29, 0.717) is 6.54 Å². The van der Waals surface area contributed by atoms with Gasteiger partial charge >= 0.3 is 6.09 Å². The van der Waals surface area contributed by atoms with Crippen molar-refractivity contribution in [1.29, 1.82) is 0 Å². The van der Waals surface area contributed by atoms with Gasteiger partial charge in [-0.2, -0.15) is 0 Å². The summed E-state index contributed by atoms with van der Waals surface area (Å²) >= 11 is 0. The molecule has 0 fully saturated rings. The number of amides is 1. The Labute approximate surface area is 156 Å². The van der Waals surface area contributed by atoms with E-state index >= 15 is 0 Å². The van der Waals surface area contributed by atoms with Crippen molar-refractivity contribution in [3.8, 4) is 0 Å². The van der Waals surface area contributed by atoms with Crippen LogP contribution in [0.1, 0.15) is 51.3 Å². The van der Waals surface area contributed by atoms with E-state index in [1.54, 1.807) is 4.90 Å². The minimum Gasteiger partial charge on any atom is -0.443 e. The zero-order valence-electron chi connectivity index (χ0n) is 16.2. The molecule has 3 rings (SSSR count). The second-order valence-electron chi connectivity index (χ2n) is 8.47. The van der Waals surface area contributed by atoms with E-state index in [2.05, 4.69) is 50.3 Å². The number of hydrogen-bond acceptors (Lipinski definition) is 2. The average Bonchev–Trinajstić information content (AvgIpc) is 2.84. The van der Waals surface area contributed by atoms with Crippen molar-refractivity contribution in [2.45, 2.75) is 45.6 Å². The van der Waals surface area contributed by atoms with E-state index in [0.717, 1.165) is 11.3 Å². The smallest absolute Gasteiger partial charge is 0.414 e. The number of ether oxygens (including phenoxy) is 1. The van der Waals surface area contributed by atoms with Crippen LogP contribution in [0.25, 0.3) is 12.2 Å². The van der Waals surface area contributed by atoms with Gasteiger partial charge in [0.2, 0.25) is 0 Å².